The van der Waals surface area contributed by atoms with Crippen LogP contribution in [0, 0.1) is 0 Å². The van der Waals surface area contributed by atoms with E-state index < -0.39 is 26.6 Å². The number of hydrogen-bond donors (Lipinski definition) is 2. The zero-order valence-electron chi connectivity index (χ0n) is 34.7. The van der Waals surface area contributed by atoms with Gasteiger partial charge in [0.2, 0.25) is 5.91 Å². The topological polar surface area (TPSA) is 108 Å². The normalized spacial score (nSPS) is 15.1. The third-order valence-electron chi connectivity index (χ3n) is 8.96. The van der Waals surface area contributed by atoms with Crippen molar-refractivity contribution in [1.29, 1.82) is 0 Å². The highest BCUT2D eigenvalue weighted by atomic mass is 31.2. The second-order valence-electron chi connectivity index (χ2n) is 15.3. The summed E-state index contributed by atoms with van der Waals surface area (Å²) in [4.78, 5) is 25.2. The maximum atomic E-state index is 12.8. The number of aliphatic hydroxyl groups is 1. The molecular formula is C44H81N2O6P. The number of phosphoric ester groups is 1. The zero-order chi connectivity index (χ0) is 39.3. The Balaban J connectivity index is 4.53. The molecule has 0 aliphatic carbocycles. The number of quaternary nitrogens is 1. The first-order chi connectivity index (χ1) is 25.5. The molecule has 0 fully saturated rings. The second-order valence-corrected chi connectivity index (χ2v) is 16.7. The van der Waals surface area contributed by atoms with Gasteiger partial charge >= 0.3 is 0 Å². The minimum Gasteiger partial charge on any atom is -0.756 e. The van der Waals surface area contributed by atoms with Crippen LogP contribution in [-0.4, -0.2) is 68.5 Å². The summed E-state index contributed by atoms with van der Waals surface area (Å²) in [5, 5.41) is 13.7. The molecule has 0 radical (unpaired) electrons. The molecule has 0 aliphatic rings. The van der Waals surface area contributed by atoms with Gasteiger partial charge in [0.1, 0.15) is 13.2 Å². The number of carbonyl (C=O) groups excluding carboxylic acids is 1. The van der Waals surface area contributed by atoms with E-state index in [1.54, 1.807) is 6.08 Å². The van der Waals surface area contributed by atoms with Gasteiger partial charge in [0, 0.05) is 6.42 Å². The van der Waals surface area contributed by atoms with Gasteiger partial charge in [-0.25, -0.2) is 0 Å². The lowest BCUT2D eigenvalue weighted by Crippen LogP contribution is -2.45. The molecule has 2 N–H and O–H groups in total. The number of amides is 1. The van der Waals surface area contributed by atoms with E-state index >= 15 is 0 Å². The molecule has 0 rings (SSSR count). The Morgan fingerprint density at radius 1 is 0.679 bits per heavy atom. The number of nitrogens with zero attached hydrogens (tertiary/aromatic N) is 1. The lowest BCUT2D eigenvalue weighted by molar-refractivity contribution is -0.870. The van der Waals surface area contributed by atoms with Gasteiger partial charge in [-0.1, -0.05) is 152 Å². The molecule has 0 aliphatic heterocycles. The number of phosphoric acid groups is 1. The third-order valence-corrected chi connectivity index (χ3v) is 9.93. The van der Waals surface area contributed by atoms with E-state index in [2.05, 4.69) is 67.8 Å². The molecule has 9 heteroatoms. The van der Waals surface area contributed by atoms with Crippen LogP contribution in [-0.2, 0) is 18.4 Å². The van der Waals surface area contributed by atoms with Crippen LogP contribution < -0.4 is 10.2 Å². The molecule has 0 spiro atoms. The second kappa shape index (κ2) is 35.9. The highest BCUT2D eigenvalue weighted by Gasteiger charge is 2.23. The molecule has 8 nitrogen and oxygen atoms in total. The molecule has 0 saturated heterocycles. The minimum absolute atomic E-state index is 0.0111. The number of hydrogen-bond acceptors (Lipinski definition) is 6. The Morgan fingerprint density at radius 2 is 1.17 bits per heavy atom. The van der Waals surface area contributed by atoms with Crippen LogP contribution in [0.3, 0.4) is 0 Å². The molecule has 3 unspecified atom stereocenters. The number of nitrogens with one attached hydrogen (secondary N) is 1. The van der Waals surface area contributed by atoms with E-state index in [0.717, 1.165) is 70.6 Å². The van der Waals surface area contributed by atoms with E-state index in [9.17, 15) is 19.4 Å². The van der Waals surface area contributed by atoms with Crippen molar-refractivity contribution in [1.82, 2.24) is 5.32 Å². The summed E-state index contributed by atoms with van der Waals surface area (Å²) >= 11 is 0. The van der Waals surface area contributed by atoms with Crippen molar-refractivity contribution in [3.8, 4) is 0 Å². The molecule has 0 heterocycles. The van der Waals surface area contributed by atoms with Crippen molar-refractivity contribution in [2.75, 3.05) is 40.9 Å². The van der Waals surface area contributed by atoms with E-state index in [0.29, 0.717) is 17.4 Å². The summed E-state index contributed by atoms with van der Waals surface area (Å²) in [7, 11) is 1.22. The van der Waals surface area contributed by atoms with E-state index in [4.69, 9.17) is 9.05 Å². The molecule has 53 heavy (non-hydrogen) atoms. The Kier molecular flexibility index (Phi) is 34.7. The molecule has 0 aromatic heterocycles. The molecule has 1 amide bonds. The van der Waals surface area contributed by atoms with E-state index in [1.807, 2.05) is 27.2 Å². The fourth-order valence-electron chi connectivity index (χ4n) is 5.59. The lowest BCUT2D eigenvalue weighted by atomic mass is 10.1. The molecular weight excluding hydrogens is 683 g/mol. The Labute approximate surface area is 326 Å². The van der Waals surface area contributed by atoms with Crippen LogP contribution in [0.2, 0.25) is 0 Å². The SMILES string of the molecule is CC/C=C\C/C=C\C/C=C\CCCCCCCCCC(=O)NC(COP(=O)([O-])OCC[N+](C)(C)C)C(O)/C=C/CC/C=C/CCCCCCCCCC. The van der Waals surface area contributed by atoms with Gasteiger partial charge < -0.3 is 28.8 Å². The maximum absolute atomic E-state index is 12.8. The molecule has 0 aromatic carbocycles. The number of allylic oxidation sites excluding steroid dienone is 9. The lowest BCUT2D eigenvalue weighted by Gasteiger charge is -2.29. The highest BCUT2D eigenvalue weighted by molar-refractivity contribution is 7.45. The fourth-order valence-corrected chi connectivity index (χ4v) is 6.32. The average Bonchev–Trinajstić information content (AvgIpc) is 3.10. The predicted octanol–water partition coefficient (Wildman–Crippen LogP) is 10.8. The van der Waals surface area contributed by atoms with Gasteiger partial charge in [-0.15, -0.1) is 0 Å². The van der Waals surface area contributed by atoms with Gasteiger partial charge in [-0.2, -0.15) is 0 Å². The largest absolute Gasteiger partial charge is 0.756 e. The molecule has 308 valence electrons. The predicted molar refractivity (Wildman–Crippen MR) is 224 cm³/mol. The van der Waals surface area contributed by atoms with Crippen molar-refractivity contribution in [2.24, 2.45) is 0 Å². The molecule has 3 atom stereocenters. The first-order valence-corrected chi connectivity index (χ1v) is 22.6. The summed E-state index contributed by atoms with van der Waals surface area (Å²) < 4.78 is 23.1. The number of unbranched alkanes of at least 4 members (excludes halogenated alkanes) is 16. The van der Waals surface area contributed by atoms with Gasteiger partial charge in [-0.3, -0.25) is 9.36 Å². The Hall–Kier alpha value is -1.80. The first-order valence-electron chi connectivity index (χ1n) is 21.2. The van der Waals surface area contributed by atoms with Crippen molar-refractivity contribution in [2.45, 2.75) is 174 Å². The third kappa shape index (κ3) is 38.3. The minimum atomic E-state index is -4.60. The summed E-state index contributed by atoms with van der Waals surface area (Å²) in [6, 6.07) is -0.909. The van der Waals surface area contributed by atoms with E-state index in [1.165, 1.54) is 70.6 Å². The fraction of sp³-hybridized carbons (Fsp3) is 0.750. The standard InChI is InChI=1S/C44H81N2O6P/c1-6-8-10-12-14-16-18-20-22-23-24-26-28-30-32-34-36-38-44(48)45-42(41-52-53(49,50)51-40-39-46(3,4)5)43(47)37-35-33-31-29-27-25-21-19-17-15-13-11-9-7-2/h8,10,14,16,20,22,27,29,35,37,42-43,47H,6-7,9,11-13,15,17-19,21,23-26,28,30-34,36,38-41H2,1-5H3,(H-,45,48,49,50)/b10-8-,16-14-,22-20-,29-27+,37-35+. The van der Waals surface area contributed by atoms with Crippen LogP contribution in [0.1, 0.15) is 162 Å². The summed E-state index contributed by atoms with van der Waals surface area (Å²) in [5.41, 5.74) is 0. The van der Waals surface area contributed by atoms with Crippen molar-refractivity contribution in [3.63, 3.8) is 0 Å². The van der Waals surface area contributed by atoms with Gasteiger partial charge in [0.15, 0.2) is 0 Å². The number of likely N-dealkylation sites (N-methyl/N-ethyl adjacent to an activating group) is 1. The Bertz CT molecular complexity index is 1050. The maximum Gasteiger partial charge on any atom is 0.268 e. The van der Waals surface area contributed by atoms with Crippen LogP contribution in [0.5, 0.6) is 0 Å². The summed E-state index contributed by atoms with van der Waals surface area (Å²) in [6.07, 6.45) is 45.5. The van der Waals surface area contributed by atoms with Gasteiger partial charge in [-0.05, 0) is 64.2 Å². The number of aliphatic hydroxyl groups excluding tert-OH is 1. The number of carbonyl (C=O) groups is 1. The molecule has 0 bridgehead atoms. The van der Waals surface area contributed by atoms with Crippen LogP contribution in [0.25, 0.3) is 0 Å². The monoisotopic (exact) mass is 765 g/mol. The van der Waals surface area contributed by atoms with Crippen molar-refractivity contribution < 1.29 is 32.9 Å². The highest BCUT2D eigenvalue weighted by Crippen LogP contribution is 2.38. The average molecular weight is 765 g/mol. The Morgan fingerprint density at radius 3 is 1.75 bits per heavy atom. The van der Waals surface area contributed by atoms with Crippen molar-refractivity contribution in [3.05, 3.63) is 60.8 Å². The summed E-state index contributed by atoms with van der Waals surface area (Å²) in [5.74, 6) is -0.222. The van der Waals surface area contributed by atoms with E-state index in [-0.39, 0.29) is 12.5 Å². The van der Waals surface area contributed by atoms with Crippen LogP contribution in [0.4, 0.5) is 0 Å². The van der Waals surface area contributed by atoms with Gasteiger partial charge in [0.05, 0.1) is 39.9 Å². The smallest absolute Gasteiger partial charge is 0.268 e. The summed E-state index contributed by atoms with van der Waals surface area (Å²) in [6.45, 7) is 4.48. The zero-order valence-corrected chi connectivity index (χ0v) is 35.6. The van der Waals surface area contributed by atoms with Crippen molar-refractivity contribution >= 4 is 13.7 Å². The van der Waals surface area contributed by atoms with Crippen LogP contribution in [0.15, 0.2) is 60.8 Å². The van der Waals surface area contributed by atoms with Gasteiger partial charge in [0.25, 0.3) is 7.82 Å². The number of rotatable bonds is 37. The quantitative estimate of drug-likeness (QED) is 0.0282. The molecule has 0 aromatic rings. The molecule has 0 saturated carbocycles. The first kappa shape index (κ1) is 51.2. The van der Waals surface area contributed by atoms with Crippen LogP contribution >= 0.6 is 7.82 Å².